The Hall–Kier alpha value is -0.570. The number of rotatable bonds is 6. The summed E-state index contributed by atoms with van der Waals surface area (Å²) in [5.41, 5.74) is 6.99. The highest BCUT2D eigenvalue weighted by Gasteiger charge is 2.08. The molecule has 0 amide bonds. The lowest BCUT2D eigenvalue weighted by atomic mass is 10.1. The Bertz CT molecular complexity index is 293. The third-order valence-corrected chi connectivity index (χ3v) is 3.10. The predicted molar refractivity (Wildman–Crippen MR) is 70.6 cm³/mol. The number of halogens is 1. The number of nitrogens with two attached hydrogens (primary N) is 1. The lowest BCUT2D eigenvalue weighted by Crippen LogP contribution is -2.29. The van der Waals surface area contributed by atoms with Crippen LogP contribution in [0.5, 0.6) is 0 Å². The van der Waals surface area contributed by atoms with Crippen molar-refractivity contribution in [3.05, 3.63) is 34.9 Å². The Kier molecular flexibility index (Phi) is 5.81. The van der Waals surface area contributed by atoms with Crippen LogP contribution in [-0.4, -0.2) is 25.0 Å². The van der Waals surface area contributed by atoms with Crippen molar-refractivity contribution in [1.82, 2.24) is 4.90 Å². The molecule has 1 unspecified atom stereocenters. The molecule has 0 aliphatic rings. The molecule has 16 heavy (non-hydrogen) atoms. The molecule has 0 heterocycles. The van der Waals surface area contributed by atoms with Gasteiger partial charge in [-0.25, -0.2) is 0 Å². The van der Waals surface area contributed by atoms with Crippen LogP contribution in [0.3, 0.4) is 0 Å². The standard InChI is InChI=1S/C13H21ClN2/c1-3-11(8-15)9-16(2)10-12-4-6-13(14)7-5-12/h4-7,11H,3,8-10,15H2,1-2H3. The summed E-state index contributed by atoms with van der Waals surface area (Å²) in [6.45, 7) is 4.96. The molecule has 0 aromatic heterocycles. The fourth-order valence-electron chi connectivity index (χ4n) is 1.78. The Balaban J connectivity index is 2.44. The maximum atomic E-state index is 5.85. The van der Waals surface area contributed by atoms with Gasteiger partial charge in [-0.05, 0) is 37.2 Å². The summed E-state index contributed by atoms with van der Waals surface area (Å²) in [5.74, 6) is 0.595. The van der Waals surface area contributed by atoms with Gasteiger partial charge in [-0.2, -0.15) is 0 Å². The summed E-state index contributed by atoms with van der Waals surface area (Å²) in [6.07, 6.45) is 1.14. The van der Waals surface area contributed by atoms with Crippen LogP contribution >= 0.6 is 11.6 Å². The van der Waals surface area contributed by atoms with E-state index in [-0.39, 0.29) is 0 Å². The first kappa shape index (κ1) is 13.5. The lowest BCUT2D eigenvalue weighted by molar-refractivity contribution is 0.268. The van der Waals surface area contributed by atoms with Crippen LogP contribution in [0.25, 0.3) is 0 Å². The average molecular weight is 241 g/mol. The van der Waals surface area contributed by atoms with Gasteiger partial charge in [0, 0.05) is 18.1 Å². The summed E-state index contributed by atoms with van der Waals surface area (Å²) < 4.78 is 0. The van der Waals surface area contributed by atoms with E-state index in [4.69, 9.17) is 17.3 Å². The largest absolute Gasteiger partial charge is 0.330 e. The molecule has 90 valence electrons. The molecule has 0 radical (unpaired) electrons. The van der Waals surface area contributed by atoms with Crippen molar-refractivity contribution in [2.24, 2.45) is 11.7 Å². The molecule has 0 fully saturated rings. The fourth-order valence-corrected chi connectivity index (χ4v) is 1.90. The predicted octanol–water partition coefficient (Wildman–Crippen LogP) is 2.76. The highest BCUT2D eigenvalue weighted by Crippen LogP contribution is 2.12. The van der Waals surface area contributed by atoms with Gasteiger partial charge >= 0.3 is 0 Å². The summed E-state index contributed by atoms with van der Waals surface area (Å²) in [6, 6.07) is 8.01. The minimum atomic E-state index is 0.595. The van der Waals surface area contributed by atoms with Gasteiger partial charge in [-0.3, -0.25) is 0 Å². The summed E-state index contributed by atoms with van der Waals surface area (Å²) in [5, 5.41) is 0.791. The molecule has 0 aliphatic carbocycles. The van der Waals surface area contributed by atoms with E-state index in [0.29, 0.717) is 5.92 Å². The molecule has 0 spiro atoms. The molecule has 1 atom stereocenters. The average Bonchev–Trinajstić information content (AvgIpc) is 2.29. The molecule has 0 saturated carbocycles. The maximum absolute atomic E-state index is 5.85. The van der Waals surface area contributed by atoms with Crippen molar-refractivity contribution in [2.75, 3.05) is 20.1 Å². The van der Waals surface area contributed by atoms with Gasteiger partial charge in [0.15, 0.2) is 0 Å². The molecule has 0 aliphatic heterocycles. The topological polar surface area (TPSA) is 29.3 Å². The zero-order chi connectivity index (χ0) is 12.0. The van der Waals surface area contributed by atoms with Gasteiger partial charge in [0.1, 0.15) is 0 Å². The molecule has 1 aromatic carbocycles. The second kappa shape index (κ2) is 6.89. The van der Waals surface area contributed by atoms with Gasteiger partial charge in [0.25, 0.3) is 0 Å². The second-order valence-electron chi connectivity index (χ2n) is 4.33. The van der Waals surface area contributed by atoms with Crippen LogP contribution in [0, 0.1) is 5.92 Å². The number of hydrogen-bond donors (Lipinski definition) is 1. The van der Waals surface area contributed by atoms with Gasteiger partial charge in [-0.15, -0.1) is 0 Å². The van der Waals surface area contributed by atoms with Crippen molar-refractivity contribution in [2.45, 2.75) is 19.9 Å². The molecule has 3 heteroatoms. The van der Waals surface area contributed by atoms with E-state index >= 15 is 0 Å². The maximum Gasteiger partial charge on any atom is 0.0406 e. The summed E-state index contributed by atoms with van der Waals surface area (Å²) in [7, 11) is 2.13. The van der Waals surface area contributed by atoms with Crippen molar-refractivity contribution in [3.63, 3.8) is 0 Å². The Morgan fingerprint density at radius 1 is 1.31 bits per heavy atom. The molecule has 1 rings (SSSR count). The molecular formula is C13H21ClN2. The van der Waals surface area contributed by atoms with Crippen LogP contribution in [-0.2, 0) is 6.54 Å². The van der Waals surface area contributed by atoms with E-state index in [2.05, 4.69) is 31.0 Å². The van der Waals surface area contributed by atoms with Gasteiger partial charge in [0.2, 0.25) is 0 Å². The second-order valence-corrected chi connectivity index (χ2v) is 4.77. The van der Waals surface area contributed by atoms with Crippen molar-refractivity contribution in [1.29, 1.82) is 0 Å². The van der Waals surface area contributed by atoms with Crippen molar-refractivity contribution < 1.29 is 0 Å². The number of hydrogen-bond acceptors (Lipinski definition) is 2. The minimum Gasteiger partial charge on any atom is -0.330 e. The third kappa shape index (κ3) is 4.52. The fraction of sp³-hybridized carbons (Fsp3) is 0.538. The highest BCUT2D eigenvalue weighted by atomic mass is 35.5. The highest BCUT2D eigenvalue weighted by molar-refractivity contribution is 6.30. The van der Waals surface area contributed by atoms with E-state index in [1.54, 1.807) is 0 Å². The smallest absolute Gasteiger partial charge is 0.0406 e. The van der Waals surface area contributed by atoms with Gasteiger partial charge in [-0.1, -0.05) is 37.1 Å². The first-order valence-electron chi connectivity index (χ1n) is 5.78. The SMILES string of the molecule is CCC(CN)CN(C)Cc1ccc(Cl)cc1. The molecule has 2 nitrogen and oxygen atoms in total. The summed E-state index contributed by atoms with van der Waals surface area (Å²) in [4.78, 5) is 2.31. The van der Waals surface area contributed by atoms with Crippen molar-refractivity contribution in [3.8, 4) is 0 Å². The van der Waals surface area contributed by atoms with Crippen LogP contribution in [0.15, 0.2) is 24.3 Å². The van der Waals surface area contributed by atoms with Crippen LogP contribution in [0.2, 0.25) is 5.02 Å². The Morgan fingerprint density at radius 2 is 1.94 bits per heavy atom. The van der Waals surface area contributed by atoms with Gasteiger partial charge < -0.3 is 10.6 Å². The molecule has 2 N–H and O–H groups in total. The van der Waals surface area contributed by atoms with Crippen LogP contribution in [0.1, 0.15) is 18.9 Å². The van der Waals surface area contributed by atoms with E-state index in [1.807, 2.05) is 12.1 Å². The molecule has 0 bridgehead atoms. The lowest BCUT2D eigenvalue weighted by Gasteiger charge is -2.22. The molecule has 1 aromatic rings. The van der Waals surface area contributed by atoms with Gasteiger partial charge in [0.05, 0.1) is 0 Å². The first-order chi connectivity index (χ1) is 7.65. The molecular weight excluding hydrogens is 220 g/mol. The van der Waals surface area contributed by atoms with E-state index in [0.717, 1.165) is 31.1 Å². The quantitative estimate of drug-likeness (QED) is 0.829. The van der Waals surface area contributed by atoms with E-state index in [9.17, 15) is 0 Å². The van der Waals surface area contributed by atoms with E-state index in [1.165, 1.54) is 5.56 Å². The normalized spacial score (nSPS) is 13.1. The zero-order valence-corrected chi connectivity index (χ0v) is 10.9. The zero-order valence-electron chi connectivity index (χ0n) is 10.1. The molecule has 0 saturated heterocycles. The van der Waals surface area contributed by atoms with Crippen LogP contribution in [0.4, 0.5) is 0 Å². The van der Waals surface area contributed by atoms with Crippen molar-refractivity contribution >= 4 is 11.6 Å². The number of benzene rings is 1. The first-order valence-corrected chi connectivity index (χ1v) is 6.16. The monoisotopic (exact) mass is 240 g/mol. The third-order valence-electron chi connectivity index (χ3n) is 2.85. The Morgan fingerprint density at radius 3 is 2.44 bits per heavy atom. The summed E-state index contributed by atoms with van der Waals surface area (Å²) >= 11 is 5.85. The minimum absolute atomic E-state index is 0.595. The van der Waals surface area contributed by atoms with E-state index < -0.39 is 0 Å². The number of nitrogens with zero attached hydrogens (tertiary/aromatic N) is 1. The van der Waals surface area contributed by atoms with Crippen LogP contribution < -0.4 is 5.73 Å². The Labute approximate surface area is 103 Å².